The first-order chi connectivity index (χ1) is 9.56. The van der Waals surface area contributed by atoms with E-state index in [0.717, 1.165) is 30.0 Å². The van der Waals surface area contributed by atoms with Crippen LogP contribution in [-0.2, 0) is 6.54 Å². The highest BCUT2D eigenvalue weighted by atomic mass is 127. The summed E-state index contributed by atoms with van der Waals surface area (Å²) in [5.41, 5.74) is 6.80. The molecule has 0 unspecified atom stereocenters. The van der Waals surface area contributed by atoms with Gasteiger partial charge < -0.3 is 20.5 Å². The average molecular weight is 407 g/mol. The molecule has 0 aliphatic rings. The lowest BCUT2D eigenvalue weighted by Gasteiger charge is -2.10. The maximum Gasteiger partial charge on any atom is 0.188 e. The quantitative estimate of drug-likeness (QED) is 0.415. The highest BCUT2D eigenvalue weighted by Gasteiger charge is 2.04. The molecule has 0 aliphatic heterocycles. The number of ether oxygens (including phenoxy) is 2. The van der Waals surface area contributed by atoms with Gasteiger partial charge >= 0.3 is 0 Å². The first kappa shape index (κ1) is 19.8. The Balaban J connectivity index is 0.00000400. The fourth-order valence-electron chi connectivity index (χ4n) is 1.70. The van der Waals surface area contributed by atoms with Crippen molar-refractivity contribution in [1.82, 2.24) is 5.32 Å². The maximum atomic E-state index is 5.83. The molecule has 5 nitrogen and oxygen atoms in total. The Morgan fingerprint density at radius 3 is 2.57 bits per heavy atom. The molecule has 1 aromatic rings. The molecule has 0 fully saturated rings. The molecule has 0 radical (unpaired) electrons. The van der Waals surface area contributed by atoms with E-state index in [2.05, 4.69) is 24.2 Å². The number of aliphatic imine (C=N–C) groups is 1. The zero-order valence-corrected chi connectivity index (χ0v) is 15.5. The van der Waals surface area contributed by atoms with E-state index in [1.165, 1.54) is 0 Å². The van der Waals surface area contributed by atoms with E-state index in [-0.39, 0.29) is 24.0 Å². The van der Waals surface area contributed by atoms with Crippen molar-refractivity contribution >= 4 is 29.9 Å². The maximum absolute atomic E-state index is 5.83. The van der Waals surface area contributed by atoms with E-state index in [1.54, 1.807) is 14.2 Å². The number of halogens is 1. The van der Waals surface area contributed by atoms with Crippen LogP contribution in [0.25, 0.3) is 0 Å². The Kier molecular flexibility index (Phi) is 9.94. The van der Waals surface area contributed by atoms with Crippen LogP contribution in [0.4, 0.5) is 0 Å². The van der Waals surface area contributed by atoms with Crippen LogP contribution in [0.1, 0.15) is 25.8 Å². The highest BCUT2D eigenvalue weighted by molar-refractivity contribution is 14.0. The predicted octanol–water partition coefficient (Wildman–Crippen LogP) is 2.77. The monoisotopic (exact) mass is 407 g/mol. The number of nitrogens with zero attached hydrogens (tertiary/aromatic N) is 1. The summed E-state index contributed by atoms with van der Waals surface area (Å²) in [6.07, 6.45) is 1.07. The van der Waals surface area contributed by atoms with E-state index in [1.807, 2.05) is 18.2 Å². The minimum absolute atomic E-state index is 0. The van der Waals surface area contributed by atoms with E-state index >= 15 is 0 Å². The fourth-order valence-corrected chi connectivity index (χ4v) is 1.70. The van der Waals surface area contributed by atoms with Crippen LogP contribution in [0, 0.1) is 5.92 Å². The van der Waals surface area contributed by atoms with Crippen molar-refractivity contribution in [2.24, 2.45) is 16.6 Å². The van der Waals surface area contributed by atoms with Crippen molar-refractivity contribution in [3.05, 3.63) is 23.8 Å². The lowest BCUT2D eigenvalue weighted by atomic mass is 10.1. The number of guanidine groups is 1. The van der Waals surface area contributed by atoms with Gasteiger partial charge in [0.25, 0.3) is 0 Å². The standard InChI is InChI=1S/C15H25N3O2.HI/c1-11(2)7-8-17-15(16)18-10-12-5-6-13(19-3)9-14(12)20-4;/h5-6,9,11H,7-8,10H2,1-4H3,(H3,16,17,18);1H. The van der Waals surface area contributed by atoms with Gasteiger partial charge in [0.1, 0.15) is 11.5 Å². The van der Waals surface area contributed by atoms with Gasteiger partial charge in [0.2, 0.25) is 0 Å². The summed E-state index contributed by atoms with van der Waals surface area (Å²) >= 11 is 0. The van der Waals surface area contributed by atoms with Gasteiger partial charge in [-0.2, -0.15) is 0 Å². The number of nitrogens with two attached hydrogens (primary N) is 1. The van der Waals surface area contributed by atoms with Crippen molar-refractivity contribution in [3.63, 3.8) is 0 Å². The molecule has 0 amide bonds. The topological polar surface area (TPSA) is 68.9 Å². The van der Waals surface area contributed by atoms with Crippen molar-refractivity contribution in [2.45, 2.75) is 26.8 Å². The Bertz CT molecular complexity index is 451. The van der Waals surface area contributed by atoms with Crippen LogP contribution in [0.3, 0.4) is 0 Å². The van der Waals surface area contributed by atoms with Crippen LogP contribution in [-0.4, -0.2) is 26.7 Å². The summed E-state index contributed by atoms with van der Waals surface area (Å²) in [7, 11) is 3.26. The van der Waals surface area contributed by atoms with Crippen LogP contribution < -0.4 is 20.5 Å². The second-order valence-electron chi connectivity index (χ2n) is 4.99. The summed E-state index contributed by atoms with van der Waals surface area (Å²) < 4.78 is 10.5. The summed E-state index contributed by atoms with van der Waals surface area (Å²) in [6.45, 7) is 5.68. The van der Waals surface area contributed by atoms with E-state index in [9.17, 15) is 0 Å². The van der Waals surface area contributed by atoms with E-state index < -0.39 is 0 Å². The summed E-state index contributed by atoms with van der Waals surface area (Å²) in [6, 6.07) is 5.66. The SMILES string of the molecule is COc1ccc(CN=C(N)NCCC(C)C)c(OC)c1.I. The number of hydrogen-bond acceptors (Lipinski definition) is 3. The number of methoxy groups -OCH3 is 2. The van der Waals surface area contributed by atoms with Gasteiger partial charge in [0, 0.05) is 18.2 Å². The Morgan fingerprint density at radius 2 is 2.00 bits per heavy atom. The largest absolute Gasteiger partial charge is 0.497 e. The molecule has 0 saturated carbocycles. The molecule has 0 saturated heterocycles. The zero-order valence-electron chi connectivity index (χ0n) is 13.2. The van der Waals surface area contributed by atoms with E-state index in [0.29, 0.717) is 18.4 Å². The second kappa shape index (κ2) is 10.5. The third-order valence-corrected chi connectivity index (χ3v) is 2.94. The molecular formula is C15H26IN3O2. The minimum atomic E-state index is 0. The number of benzene rings is 1. The highest BCUT2D eigenvalue weighted by Crippen LogP contribution is 2.24. The van der Waals surface area contributed by atoms with Gasteiger partial charge in [0.15, 0.2) is 5.96 Å². The molecule has 3 N–H and O–H groups in total. The molecule has 0 aromatic heterocycles. The summed E-state index contributed by atoms with van der Waals surface area (Å²) in [5.74, 6) is 2.63. The molecule has 0 heterocycles. The lowest BCUT2D eigenvalue weighted by molar-refractivity contribution is 0.391. The van der Waals surface area contributed by atoms with Crippen molar-refractivity contribution in [3.8, 4) is 11.5 Å². The third-order valence-electron chi connectivity index (χ3n) is 2.94. The van der Waals surface area contributed by atoms with Crippen molar-refractivity contribution in [2.75, 3.05) is 20.8 Å². The van der Waals surface area contributed by atoms with Gasteiger partial charge in [-0.15, -0.1) is 24.0 Å². The van der Waals surface area contributed by atoms with Gasteiger partial charge in [-0.3, -0.25) is 0 Å². The molecule has 120 valence electrons. The molecule has 0 atom stereocenters. The lowest BCUT2D eigenvalue weighted by Crippen LogP contribution is -2.32. The smallest absolute Gasteiger partial charge is 0.188 e. The molecule has 0 bridgehead atoms. The van der Waals surface area contributed by atoms with Crippen molar-refractivity contribution in [1.29, 1.82) is 0 Å². The normalized spacial score (nSPS) is 11.0. The Morgan fingerprint density at radius 1 is 1.29 bits per heavy atom. The van der Waals surface area contributed by atoms with Crippen LogP contribution >= 0.6 is 24.0 Å². The summed E-state index contributed by atoms with van der Waals surface area (Å²) in [5, 5.41) is 3.11. The van der Waals surface area contributed by atoms with Crippen LogP contribution in [0.15, 0.2) is 23.2 Å². The van der Waals surface area contributed by atoms with E-state index in [4.69, 9.17) is 15.2 Å². The number of nitrogens with one attached hydrogen (secondary N) is 1. The molecule has 0 spiro atoms. The van der Waals surface area contributed by atoms with Crippen LogP contribution in [0.2, 0.25) is 0 Å². The first-order valence-electron chi connectivity index (χ1n) is 6.81. The molecule has 1 aromatic carbocycles. The molecule has 21 heavy (non-hydrogen) atoms. The number of rotatable bonds is 7. The molecule has 0 aliphatic carbocycles. The van der Waals surface area contributed by atoms with Crippen LogP contribution in [0.5, 0.6) is 11.5 Å². The summed E-state index contributed by atoms with van der Waals surface area (Å²) in [4.78, 5) is 4.32. The van der Waals surface area contributed by atoms with Gasteiger partial charge in [0.05, 0.1) is 20.8 Å². The second-order valence-corrected chi connectivity index (χ2v) is 4.99. The molecule has 1 rings (SSSR count). The van der Waals surface area contributed by atoms with Gasteiger partial charge in [-0.25, -0.2) is 4.99 Å². The third kappa shape index (κ3) is 7.40. The predicted molar refractivity (Wildman–Crippen MR) is 97.7 cm³/mol. The van der Waals surface area contributed by atoms with Crippen molar-refractivity contribution < 1.29 is 9.47 Å². The molecular weight excluding hydrogens is 381 g/mol. The number of hydrogen-bond donors (Lipinski definition) is 2. The first-order valence-corrected chi connectivity index (χ1v) is 6.81. The Hall–Kier alpha value is -1.18. The molecule has 6 heteroatoms. The van der Waals surface area contributed by atoms with Gasteiger partial charge in [-0.05, 0) is 24.5 Å². The zero-order chi connectivity index (χ0) is 15.0. The minimum Gasteiger partial charge on any atom is -0.497 e. The van der Waals surface area contributed by atoms with Gasteiger partial charge in [-0.1, -0.05) is 13.8 Å². The Labute approximate surface area is 144 Å². The fraction of sp³-hybridized carbons (Fsp3) is 0.533. The average Bonchev–Trinajstić information content (AvgIpc) is 2.44.